The molecule has 4 nitrogen and oxygen atoms in total. The topological polar surface area (TPSA) is 42.2 Å². The lowest BCUT2D eigenvalue weighted by Gasteiger charge is -2.41. The molecule has 2 saturated heterocycles. The van der Waals surface area contributed by atoms with Gasteiger partial charge in [0.2, 0.25) is 11.7 Å². The molecular weight excluding hydrogens is 358 g/mol. The summed E-state index contributed by atoms with van der Waals surface area (Å²) >= 11 is 6.12. The standard InChI is InChI=1S/C22H22ClN3O/c1-26-17-11-12-19(26)20(18(13-17)14-7-9-16(23)10-8-14)22-24-21(25-27-22)15-5-3-2-4-6-15/h2-10,17-20H,11-13H2,1H3/t17?,18-,19?,20?/m1/s1. The zero-order chi connectivity index (χ0) is 18.4. The third kappa shape index (κ3) is 2.97. The molecule has 2 bridgehead atoms. The summed E-state index contributed by atoms with van der Waals surface area (Å²) in [6, 6.07) is 19.4. The summed E-state index contributed by atoms with van der Waals surface area (Å²) in [5.41, 5.74) is 2.30. The first kappa shape index (κ1) is 17.0. The lowest BCUT2D eigenvalue weighted by molar-refractivity contribution is 0.120. The highest BCUT2D eigenvalue weighted by molar-refractivity contribution is 6.30. The van der Waals surface area contributed by atoms with Gasteiger partial charge in [-0.15, -0.1) is 0 Å². The Morgan fingerprint density at radius 1 is 1.04 bits per heavy atom. The van der Waals surface area contributed by atoms with E-state index in [1.54, 1.807) is 0 Å². The van der Waals surface area contributed by atoms with Gasteiger partial charge in [-0.25, -0.2) is 0 Å². The van der Waals surface area contributed by atoms with Crippen molar-refractivity contribution >= 4 is 11.6 Å². The Balaban J connectivity index is 1.54. The lowest BCUT2D eigenvalue weighted by atomic mass is 9.76. The maximum Gasteiger partial charge on any atom is 0.232 e. The van der Waals surface area contributed by atoms with Crippen molar-refractivity contribution in [1.29, 1.82) is 0 Å². The van der Waals surface area contributed by atoms with Crippen LogP contribution in [-0.2, 0) is 0 Å². The van der Waals surface area contributed by atoms with Crippen LogP contribution in [-0.4, -0.2) is 34.2 Å². The van der Waals surface area contributed by atoms with E-state index in [0.717, 1.165) is 22.9 Å². The average Bonchev–Trinajstić information content (AvgIpc) is 3.26. The fourth-order valence-corrected chi connectivity index (χ4v) is 5.06. The average molecular weight is 380 g/mol. The van der Waals surface area contributed by atoms with Gasteiger partial charge in [0, 0.05) is 22.7 Å². The molecule has 1 aromatic heterocycles. The van der Waals surface area contributed by atoms with Crippen LogP contribution in [0.2, 0.25) is 5.02 Å². The Kier molecular flexibility index (Phi) is 4.25. The van der Waals surface area contributed by atoms with Gasteiger partial charge in [-0.05, 0) is 49.9 Å². The van der Waals surface area contributed by atoms with Gasteiger partial charge in [-0.3, -0.25) is 4.90 Å². The fraction of sp³-hybridized carbons (Fsp3) is 0.364. The molecule has 2 fully saturated rings. The fourth-order valence-electron chi connectivity index (χ4n) is 4.93. The predicted octanol–water partition coefficient (Wildman–Crippen LogP) is 5.12. The lowest BCUT2D eigenvalue weighted by Crippen LogP contribution is -2.44. The third-order valence-corrected chi connectivity index (χ3v) is 6.58. The number of halogens is 1. The first-order valence-electron chi connectivity index (χ1n) is 9.57. The number of hydrogen-bond donors (Lipinski definition) is 0. The second kappa shape index (κ2) is 6.77. The van der Waals surface area contributed by atoms with Crippen molar-refractivity contribution in [3.05, 3.63) is 71.1 Å². The SMILES string of the molecule is CN1C2CCC1C(c1nc(-c3ccccc3)no1)[C@@H](c1ccc(Cl)cc1)C2. The summed E-state index contributed by atoms with van der Waals surface area (Å²) in [5.74, 6) is 2.01. The predicted molar refractivity (Wildman–Crippen MR) is 106 cm³/mol. The minimum absolute atomic E-state index is 0.208. The van der Waals surface area contributed by atoms with Crippen LogP contribution in [0.25, 0.3) is 11.4 Å². The maximum absolute atomic E-state index is 6.12. The minimum atomic E-state index is 0.208. The molecule has 2 aromatic carbocycles. The van der Waals surface area contributed by atoms with Crippen LogP contribution < -0.4 is 0 Å². The summed E-state index contributed by atoms with van der Waals surface area (Å²) < 4.78 is 5.82. The normalized spacial score (nSPS) is 27.8. The molecule has 2 aliphatic heterocycles. The van der Waals surface area contributed by atoms with E-state index >= 15 is 0 Å². The van der Waals surface area contributed by atoms with E-state index in [1.807, 2.05) is 42.5 Å². The summed E-state index contributed by atoms with van der Waals surface area (Å²) in [4.78, 5) is 7.34. The van der Waals surface area contributed by atoms with Crippen molar-refractivity contribution in [1.82, 2.24) is 15.0 Å². The van der Waals surface area contributed by atoms with Crippen LogP contribution >= 0.6 is 11.6 Å². The van der Waals surface area contributed by atoms with Crippen molar-refractivity contribution in [2.75, 3.05) is 7.05 Å². The van der Waals surface area contributed by atoms with E-state index in [-0.39, 0.29) is 5.92 Å². The van der Waals surface area contributed by atoms with Gasteiger partial charge in [0.05, 0.1) is 5.92 Å². The number of fused-ring (bicyclic) bond motifs is 2. The molecule has 3 heterocycles. The Labute approximate surface area is 164 Å². The van der Waals surface area contributed by atoms with Gasteiger partial charge in [-0.1, -0.05) is 59.2 Å². The second-order valence-electron chi connectivity index (χ2n) is 7.71. The molecule has 5 rings (SSSR count). The van der Waals surface area contributed by atoms with Crippen molar-refractivity contribution in [2.45, 2.75) is 43.2 Å². The molecule has 0 spiro atoms. The van der Waals surface area contributed by atoms with E-state index < -0.39 is 0 Å². The van der Waals surface area contributed by atoms with E-state index in [1.165, 1.54) is 18.4 Å². The smallest absolute Gasteiger partial charge is 0.232 e. The highest BCUT2D eigenvalue weighted by atomic mass is 35.5. The van der Waals surface area contributed by atoms with Gasteiger partial charge >= 0.3 is 0 Å². The third-order valence-electron chi connectivity index (χ3n) is 6.33. The molecule has 0 aliphatic carbocycles. The Bertz CT molecular complexity index is 924. The summed E-state index contributed by atoms with van der Waals surface area (Å²) in [5, 5.41) is 5.06. The first-order valence-corrected chi connectivity index (χ1v) is 9.95. The van der Waals surface area contributed by atoms with Gasteiger partial charge in [0.1, 0.15) is 0 Å². The van der Waals surface area contributed by atoms with E-state index in [4.69, 9.17) is 21.1 Å². The highest BCUT2D eigenvalue weighted by Crippen LogP contribution is 2.50. The number of likely N-dealkylation sites (N-methyl/N-ethyl adjacent to an activating group) is 1. The monoisotopic (exact) mass is 379 g/mol. The molecule has 3 aromatic rings. The number of hydrogen-bond acceptors (Lipinski definition) is 4. The summed E-state index contributed by atoms with van der Waals surface area (Å²) in [6.45, 7) is 0. The molecule has 0 N–H and O–H groups in total. The Morgan fingerprint density at radius 2 is 1.81 bits per heavy atom. The number of piperidine rings is 1. The largest absolute Gasteiger partial charge is 0.339 e. The van der Waals surface area contributed by atoms with Crippen molar-refractivity contribution in [3.8, 4) is 11.4 Å². The molecule has 138 valence electrons. The van der Waals surface area contributed by atoms with Crippen molar-refractivity contribution < 1.29 is 4.52 Å². The molecule has 27 heavy (non-hydrogen) atoms. The molecule has 4 atom stereocenters. The second-order valence-corrected chi connectivity index (χ2v) is 8.14. The number of aromatic nitrogens is 2. The highest BCUT2D eigenvalue weighted by Gasteiger charge is 2.48. The van der Waals surface area contributed by atoms with Crippen molar-refractivity contribution in [2.24, 2.45) is 0 Å². The van der Waals surface area contributed by atoms with Crippen molar-refractivity contribution in [3.63, 3.8) is 0 Å². The maximum atomic E-state index is 6.12. The summed E-state index contributed by atoms with van der Waals surface area (Å²) in [6.07, 6.45) is 3.53. The quantitative estimate of drug-likeness (QED) is 0.633. The number of benzene rings is 2. The van der Waals surface area contributed by atoms with Gasteiger partial charge < -0.3 is 4.52 Å². The van der Waals surface area contributed by atoms with E-state index in [2.05, 4.69) is 29.2 Å². The van der Waals surface area contributed by atoms with Gasteiger partial charge in [-0.2, -0.15) is 4.98 Å². The molecule has 0 radical (unpaired) electrons. The van der Waals surface area contributed by atoms with E-state index in [0.29, 0.717) is 23.8 Å². The molecule has 0 saturated carbocycles. The first-order chi connectivity index (χ1) is 13.2. The van der Waals surface area contributed by atoms with Crippen LogP contribution in [0.4, 0.5) is 0 Å². The minimum Gasteiger partial charge on any atom is -0.339 e. The van der Waals surface area contributed by atoms with Crippen LogP contribution in [0.3, 0.4) is 0 Å². The molecule has 2 aliphatic rings. The van der Waals surface area contributed by atoms with E-state index in [9.17, 15) is 0 Å². The number of nitrogens with zero attached hydrogens (tertiary/aromatic N) is 3. The molecule has 5 heteroatoms. The zero-order valence-corrected chi connectivity index (χ0v) is 16.0. The molecule has 0 amide bonds. The Morgan fingerprint density at radius 3 is 2.59 bits per heavy atom. The van der Waals surface area contributed by atoms with Gasteiger partial charge in [0.15, 0.2) is 0 Å². The van der Waals surface area contributed by atoms with Gasteiger partial charge in [0.25, 0.3) is 0 Å². The Hall–Kier alpha value is -2.17. The zero-order valence-electron chi connectivity index (χ0n) is 15.3. The molecular formula is C22H22ClN3O. The van der Waals surface area contributed by atoms with Crippen LogP contribution in [0.5, 0.6) is 0 Å². The van der Waals surface area contributed by atoms with Crippen LogP contribution in [0.1, 0.15) is 42.6 Å². The van der Waals surface area contributed by atoms with Crippen LogP contribution in [0.15, 0.2) is 59.1 Å². The number of rotatable bonds is 3. The summed E-state index contributed by atoms with van der Waals surface area (Å²) in [7, 11) is 2.24. The van der Waals surface area contributed by atoms with Crippen LogP contribution in [0, 0.1) is 0 Å². The molecule has 3 unspecified atom stereocenters.